The molecule has 0 bridgehead atoms. The van der Waals surface area contributed by atoms with Crippen LogP contribution in [0.3, 0.4) is 0 Å². The highest BCUT2D eigenvalue weighted by molar-refractivity contribution is 7.26. The highest BCUT2D eigenvalue weighted by Crippen LogP contribution is 2.49. The van der Waals surface area contributed by atoms with Gasteiger partial charge in [0.2, 0.25) is 0 Å². The SMILES string of the molecule is C1=CCCC(c2ccc(N(c3ccc(-c4cccc(-n5c6ccccc6c6c(-c7cccc8sc9ccc(N(c%10ccc(-c%11ccccc%11)cc%10)c%10cccc(-n%11c%12ccccc%12c%12ccccc%12%11)c%10)cc9c78)cccc65)c4)cc3)c3ccc4sc5c(c4c3)CCC=C5)cc2)=C1. The number of thiophene rings is 2. The van der Waals surface area contributed by atoms with Crippen LogP contribution in [0.25, 0.3) is 130 Å². The minimum absolute atomic E-state index is 1.07. The second-order valence-electron chi connectivity index (χ2n) is 25.4. The number of aryl methyl sites for hydroxylation is 1. The fraction of sp³-hybridized carbons (Fsp3) is 0.0444. The minimum atomic E-state index is 1.07. The lowest BCUT2D eigenvalue weighted by molar-refractivity contribution is 1.01. The standard InChI is InChI=1S/C90H62N4S2/c1-3-19-59(20-4-1)61-39-45-65(46-40-61)91(71-51-53-86-79(57-71)75-29-10-14-37-85(75)95-86)66-49-43-63(44-50-66)64-23-15-24-68(55-64)94-83-35-13-9-30-78(83)89-76(31-17-36-84(89)94)77-32-18-38-88-90(77)80-58-72(52-54-87(80)96-88)92(67-47-41-62(42-48-67)60-21-5-2-6-22-60)69-25-16-26-70(56-69)93-81-33-11-7-27-73(81)74-28-8-12-34-82(74)93/h1-3,5-9,11-19,21-28,30-58H,4,10,20,29H2. The maximum absolute atomic E-state index is 2.48. The molecule has 4 heterocycles. The van der Waals surface area contributed by atoms with E-state index in [-0.39, 0.29) is 0 Å². The van der Waals surface area contributed by atoms with Crippen LogP contribution in [0.15, 0.2) is 322 Å². The summed E-state index contributed by atoms with van der Waals surface area (Å²) in [6, 6.07) is 111. The summed E-state index contributed by atoms with van der Waals surface area (Å²) in [5, 5.41) is 8.82. The highest BCUT2D eigenvalue weighted by atomic mass is 32.1. The Balaban J connectivity index is 0.709. The summed E-state index contributed by atoms with van der Waals surface area (Å²) in [6.07, 6.45) is 15.7. The van der Waals surface area contributed by atoms with Crippen LogP contribution >= 0.6 is 22.7 Å². The Morgan fingerprint density at radius 1 is 0.302 bits per heavy atom. The van der Waals surface area contributed by atoms with Gasteiger partial charge in [0.15, 0.2) is 0 Å². The largest absolute Gasteiger partial charge is 0.310 e. The molecule has 0 spiro atoms. The van der Waals surface area contributed by atoms with Crippen molar-refractivity contribution in [3.8, 4) is 44.8 Å². The smallest absolute Gasteiger partial charge is 0.0547 e. The second-order valence-corrected chi connectivity index (χ2v) is 27.5. The van der Waals surface area contributed by atoms with Crippen molar-refractivity contribution in [2.24, 2.45) is 0 Å². The average Bonchev–Trinajstić information content (AvgIpc) is 1.58. The van der Waals surface area contributed by atoms with E-state index in [4.69, 9.17) is 0 Å². The number of nitrogens with zero attached hydrogens (tertiary/aromatic N) is 4. The summed E-state index contributed by atoms with van der Waals surface area (Å²) in [5.74, 6) is 0. The summed E-state index contributed by atoms with van der Waals surface area (Å²) in [6.45, 7) is 0. The Morgan fingerprint density at radius 2 is 0.802 bits per heavy atom. The van der Waals surface area contributed by atoms with Gasteiger partial charge in [0, 0.05) is 96.8 Å². The predicted octanol–water partition coefficient (Wildman–Crippen LogP) is 26.1. The molecule has 19 rings (SSSR count). The first-order chi connectivity index (χ1) is 47.6. The molecule has 0 atom stereocenters. The number of allylic oxidation sites excluding steroid dienone is 5. The van der Waals surface area contributed by atoms with Crippen molar-refractivity contribution in [2.75, 3.05) is 9.80 Å². The van der Waals surface area contributed by atoms with Gasteiger partial charge in [0.1, 0.15) is 0 Å². The van der Waals surface area contributed by atoms with Crippen LogP contribution in [0.4, 0.5) is 34.1 Å². The van der Waals surface area contributed by atoms with Crippen molar-refractivity contribution >= 4 is 142 Å². The number of hydrogen-bond donors (Lipinski definition) is 0. The lowest BCUT2D eigenvalue weighted by atomic mass is 9.95. The molecule has 13 aromatic carbocycles. The molecule has 454 valence electrons. The topological polar surface area (TPSA) is 16.3 Å². The first kappa shape index (κ1) is 56.0. The Hall–Kier alpha value is -11.5. The van der Waals surface area contributed by atoms with E-state index in [0.717, 1.165) is 76.6 Å². The number of fused-ring (bicyclic) bond motifs is 12. The molecule has 17 aromatic rings. The van der Waals surface area contributed by atoms with E-state index in [1.54, 1.807) is 0 Å². The zero-order valence-corrected chi connectivity index (χ0v) is 54.2. The van der Waals surface area contributed by atoms with E-state index in [1.165, 1.54) is 123 Å². The average molecular weight is 1260 g/mol. The number of rotatable bonds is 12. The Labute approximate surface area is 565 Å². The Kier molecular flexibility index (Phi) is 13.5. The zero-order chi connectivity index (χ0) is 63.2. The van der Waals surface area contributed by atoms with Crippen molar-refractivity contribution in [3.63, 3.8) is 0 Å². The summed E-state index contributed by atoms with van der Waals surface area (Å²) in [4.78, 5) is 6.27. The number of para-hydroxylation sites is 3. The van der Waals surface area contributed by atoms with E-state index in [0.29, 0.717) is 0 Å². The van der Waals surface area contributed by atoms with Gasteiger partial charge in [-0.2, -0.15) is 0 Å². The number of aromatic nitrogens is 2. The molecule has 0 radical (unpaired) electrons. The Bertz CT molecular complexity index is 5960. The third kappa shape index (κ3) is 9.46. The van der Waals surface area contributed by atoms with E-state index in [2.05, 4.69) is 347 Å². The molecule has 96 heavy (non-hydrogen) atoms. The van der Waals surface area contributed by atoms with Crippen LogP contribution in [0, 0.1) is 0 Å². The molecule has 0 unspecified atom stereocenters. The van der Waals surface area contributed by atoms with Crippen molar-refractivity contribution in [1.82, 2.24) is 9.13 Å². The molecule has 0 fully saturated rings. The lowest BCUT2D eigenvalue weighted by Crippen LogP contribution is -2.10. The maximum atomic E-state index is 2.48. The molecule has 0 saturated carbocycles. The van der Waals surface area contributed by atoms with Gasteiger partial charge < -0.3 is 18.9 Å². The molecule has 0 saturated heterocycles. The molecular weight excluding hydrogens is 1200 g/mol. The number of anilines is 6. The van der Waals surface area contributed by atoms with Crippen molar-refractivity contribution in [3.05, 3.63) is 338 Å². The van der Waals surface area contributed by atoms with E-state index >= 15 is 0 Å². The van der Waals surface area contributed by atoms with Crippen LogP contribution < -0.4 is 9.80 Å². The van der Waals surface area contributed by atoms with Crippen LogP contribution in [0.1, 0.15) is 35.3 Å². The first-order valence-electron chi connectivity index (χ1n) is 33.3. The van der Waals surface area contributed by atoms with Crippen molar-refractivity contribution in [1.29, 1.82) is 0 Å². The molecule has 2 aliphatic carbocycles. The van der Waals surface area contributed by atoms with E-state index in [9.17, 15) is 0 Å². The molecule has 0 amide bonds. The molecule has 6 heteroatoms. The lowest BCUT2D eigenvalue weighted by Gasteiger charge is -2.26. The van der Waals surface area contributed by atoms with E-state index in [1.807, 2.05) is 22.7 Å². The summed E-state index contributed by atoms with van der Waals surface area (Å²) < 4.78 is 8.75. The van der Waals surface area contributed by atoms with Gasteiger partial charge >= 0.3 is 0 Å². The number of hydrogen-bond acceptors (Lipinski definition) is 4. The summed E-state index contributed by atoms with van der Waals surface area (Å²) >= 11 is 3.78. The van der Waals surface area contributed by atoms with Gasteiger partial charge in [-0.05, 0) is 221 Å². The monoisotopic (exact) mass is 1260 g/mol. The van der Waals surface area contributed by atoms with Crippen LogP contribution in [-0.2, 0) is 6.42 Å². The molecule has 0 N–H and O–H groups in total. The van der Waals surface area contributed by atoms with Gasteiger partial charge in [0.05, 0.1) is 22.1 Å². The predicted molar refractivity (Wildman–Crippen MR) is 413 cm³/mol. The van der Waals surface area contributed by atoms with Crippen LogP contribution in [0.2, 0.25) is 0 Å². The van der Waals surface area contributed by atoms with Gasteiger partial charge in [-0.15, -0.1) is 22.7 Å². The van der Waals surface area contributed by atoms with Gasteiger partial charge in [-0.3, -0.25) is 0 Å². The van der Waals surface area contributed by atoms with Crippen molar-refractivity contribution in [2.45, 2.75) is 25.7 Å². The third-order valence-corrected chi connectivity index (χ3v) is 22.2. The molecule has 2 aliphatic rings. The third-order valence-electron chi connectivity index (χ3n) is 19.9. The van der Waals surface area contributed by atoms with Crippen LogP contribution in [-0.4, -0.2) is 9.13 Å². The van der Waals surface area contributed by atoms with Gasteiger partial charge in [-0.25, -0.2) is 0 Å². The molecule has 4 aromatic heterocycles. The van der Waals surface area contributed by atoms with Crippen LogP contribution in [0.5, 0.6) is 0 Å². The maximum Gasteiger partial charge on any atom is 0.0547 e. The highest BCUT2D eigenvalue weighted by Gasteiger charge is 2.24. The zero-order valence-electron chi connectivity index (χ0n) is 52.6. The normalized spacial score (nSPS) is 13.0. The first-order valence-corrected chi connectivity index (χ1v) is 34.9. The quantitative estimate of drug-likeness (QED) is 0.121. The second kappa shape index (κ2) is 23.2. The molecule has 4 nitrogen and oxygen atoms in total. The number of benzene rings is 13. The van der Waals surface area contributed by atoms with Gasteiger partial charge in [0.25, 0.3) is 0 Å². The Morgan fingerprint density at radius 3 is 1.50 bits per heavy atom. The summed E-state index contributed by atoms with van der Waals surface area (Å²) in [5.41, 5.74) is 24.9. The van der Waals surface area contributed by atoms with Crippen molar-refractivity contribution < 1.29 is 0 Å². The minimum Gasteiger partial charge on any atom is -0.310 e. The molecular formula is C90H62N4S2. The fourth-order valence-corrected chi connectivity index (χ4v) is 17.7. The van der Waals surface area contributed by atoms with E-state index < -0.39 is 0 Å². The molecule has 0 aliphatic heterocycles. The summed E-state index contributed by atoms with van der Waals surface area (Å²) in [7, 11) is 0. The fourth-order valence-electron chi connectivity index (χ4n) is 15.4. The van der Waals surface area contributed by atoms with Gasteiger partial charge in [-0.1, -0.05) is 188 Å².